The molecule has 10 nitrogen and oxygen atoms in total. The number of ether oxygens (including phenoxy) is 1. The highest BCUT2D eigenvalue weighted by molar-refractivity contribution is 7.90. The number of piperidine rings is 1. The maximum absolute atomic E-state index is 13.5. The first-order chi connectivity index (χ1) is 20.1. The van der Waals surface area contributed by atoms with Crippen molar-refractivity contribution in [1.82, 2.24) is 19.2 Å². The first-order valence-corrected chi connectivity index (χ1v) is 16.3. The standard InChI is InChI=1S/C31H40N6O4S/c1-21-8-5-14-37(20-21)42(39,40)34-26-17-23(18-33-29(26)41-15-7-13-35(2)3)22-9-10-25-24(16-22)28-27(19-32-25)36(4)30(38)31(28)11-6-12-31/h9-10,16-19,21,34H,5-8,11-15,20H2,1-4H3. The predicted octanol–water partition coefficient (Wildman–Crippen LogP) is 4.41. The normalized spacial score (nSPS) is 20.3. The summed E-state index contributed by atoms with van der Waals surface area (Å²) in [6.45, 7) is 4.31. The maximum atomic E-state index is 13.5. The van der Waals surface area contributed by atoms with Crippen LogP contribution in [0.3, 0.4) is 0 Å². The first kappa shape index (κ1) is 28.8. The fourth-order valence-electron chi connectivity index (χ4n) is 6.57. The zero-order chi connectivity index (χ0) is 29.6. The molecule has 2 aliphatic heterocycles. The monoisotopic (exact) mass is 592 g/mol. The highest BCUT2D eigenvalue weighted by Gasteiger charge is 2.54. The lowest BCUT2D eigenvalue weighted by Crippen LogP contribution is -2.43. The highest BCUT2D eigenvalue weighted by atomic mass is 32.2. The maximum Gasteiger partial charge on any atom is 0.301 e. The third kappa shape index (κ3) is 5.11. The number of pyridine rings is 2. The number of carbonyl (C=O) groups is 1. The van der Waals surface area contributed by atoms with Gasteiger partial charge < -0.3 is 14.5 Å². The van der Waals surface area contributed by atoms with Gasteiger partial charge in [-0.2, -0.15) is 12.7 Å². The largest absolute Gasteiger partial charge is 0.476 e. The molecular formula is C31H40N6O4S. The van der Waals surface area contributed by atoms with Crippen molar-refractivity contribution in [2.45, 2.75) is 50.9 Å². The van der Waals surface area contributed by atoms with E-state index in [0.717, 1.165) is 78.4 Å². The van der Waals surface area contributed by atoms with Crippen LogP contribution in [0.5, 0.6) is 5.88 Å². The molecule has 1 aromatic carbocycles. The van der Waals surface area contributed by atoms with Crippen molar-refractivity contribution in [2.75, 3.05) is 57.0 Å². The quantitative estimate of drug-likeness (QED) is 0.367. The van der Waals surface area contributed by atoms with Crippen molar-refractivity contribution in [3.8, 4) is 17.0 Å². The second kappa shape index (κ2) is 11.1. The Morgan fingerprint density at radius 1 is 1.12 bits per heavy atom. The fourth-order valence-corrected chi connectivity index (χ4v) is 7.94. The predicted molar refractivity (Wildman–Crippen MR) is 165 cm³/mol. The van der Waals surface area contributed by atoms with Gasteiger partial charge in [-0.1, -0.05) is 19.4 Å². The van der Waals surface area contributed by atoms with E-state index in [0.29, 0.717) is 31.3 Å². The van der Waals surface area contributed by atoms with E-state index in [2.05, 4.69) is 32.6 Å². The Morgan fingerprint density at radius 3 is 2.64 bits per heavy atom. The lowest BCUT2D eigenvalue weighted by atomic mass is 9.64. The molecule has 42 heavy (non-hydrogen) atoms. The van der Waals surface area contributed by atoms with E-state index < -0.39 is 15.6 Å². The van der Waals surface area contributed by atoms with E-state index >= 15 is 0 Å². The molecule has 3 aromatic rings. The summed E-state index contributed by atoms with van der Waals surface area (Å²) < 4.78 is 37.3. The number of carbonyl (C=O) groups excluding carboxylic acids is 1. The van der Waals surface area contributed by atoms with E-state index in [-0.39, 0.29) is 11.8 Å². The van der Waals surface area contributed by atoms with Crippen LogP contribution in [-0.4, -0.2) is 80.9 Å². The minimum atomic E-state index is -3.80. The molecule has 1 N–H and O–H groups in total. The molecule has 1 aliphatic carbocycles. The SMILES string of the molecule is CC1CCCN(S(=O)(=O)Nc2cc(-c3ccc4ncc5c(c4c3)C3(CCC3)C(=O)N5C)cnc2OCCCN(C)C)C1. The van der Waals surface area contributed by atoms with Crippen LogP contribution in [0.15, 0.2) is 36.7 Å². The van der Waals surface area contributed by atoms with Gasteiger partial charge in [-0.25, -0.2) is 4.98 Å². The number of fused-ring (bicyclic) bond motifs is 4. The number of hydrogen-bond donors (Lipinski definition) is 1. The summed E-state index contributed by atoms with van der Waals surface area (Å²) in [5.74, 6) is 0.708. The van der Waals surface area contributed by atoms with Gasteiger partial charge in [0.15, 0.2) is 0 Å². The van der Waals surface area contributed by atoms with Gasteiger partial charge in [0.25, 0.3) is 0 Å². The van der Waals surface area contributed by atoms with Gasteiger partial charge in [0.05, 0.1) is 29.4 Å². The summed E-state index contributed by atoms with van der Waals surface area (Å²) in [4.78, 5) is 26.3. The topological polar surface area (TPSA) is 108 Å². The molecule has 1 unspecified atom stereocenters. The summed E-state index contributed by atoms with van der Waals surface area (Å²) >= 11 is 0. The number of benzene rings is 1. The highest BCUT2D eigenvalue weighted by Crippen LogP contribution is 2.55. The Labute approximate surface area is 248 Å². The Morgan fingerprint density at radius 2 is 1.93 bits per heavy atom. The van der Waals surface area contributed by atoms with Crippen molar-refractivity contribution in [3.63, 3.8) is 0 Å². The molecule has 2 fully saturated rings. The van der Waals surface area contributed by atoms with Gasteiger partial charge in [0.1, 0.15) is 5.69 Å². The van der Waals surface area contributed by atoms with E-state index in [1.807, 2.05) is 33.3 Å². The van der Waals surface area contributed by atoms with Gasteiger partial charge in [0.2, 0.25) is 11.8 Å². The van der Waals surface area contributed by atoms with Crippen LogP contribution in [0.25, 0.3) is 22.0 Å². The Bertz CT molecular complexity index is 1620. The van der Waals surface area contributed by atoms with Gasteiger partial charge in [-0.05, 0) is 75.9 Å². The van der Waals surface area contributed by atoms with Gasteiger partial charge in [-0.15, -0.1) is 0 Å². The molecule has 4 heterocycles. The van der Waals surface area contributed by atoms with Crippen LogP contribution in [0, 0.1) is 5.92 Å². The van der Waals surface area contributed by atoms with Crippen LogP contribution in [0.2, 0.25) is 0 Å². The number of anilines is 2. The molecule has 1 saturated heterocycles. The smallest absolute Gasteiger partial charge is 0.301 e. The molecule has 1 atom stereocenters. The molecule has 2 aromatic heterocycles. The number of rotatable bonds is 9. The first-order valence-electron chi connectivity index (χ1n) is 14.9. The van der Waals surface area contributed by atoms with Crippen molar-refractivity contribution in [2.24, 2.45) is 5.92 Å². The Hall–Kier alpha value is -3.28. The summed E-state index contributed by atoms with van der Waals surface area (Å²) in [6, 6.07) is 7.79. The minimum Gasteiger partial charge on any atom is -0.476 e. The average Bonchev–Trinajstić information content (AvgIpc) is 3.18. The number of aromatic nitrogens is 2. The van der Waals surface area contributed by atoms with Crippen molar-refractivity contribution < 1.29 is 17.9 Å². The lowest BCUT2D eigenvalue weighted by molar-refractivity contribution is -0.125. The summed E-state index contributed by atoms with van der Waals surface area (Å²) in [6.07, 6.45) is 8.88. The summed E-state index contributed by atoms with van der Waals surface area (Å²) in [5.41, 5.74) is 4.22. The van der Waals surface area contributed by atoms with Gasteiger partial charge in [0, 0.05) is 49.4 Å². The van der Waals surface area contributed by atoms with E-state index in [9.17, 15) is 13.2 Å². The number of hydrogen-bond acceptors (Lipinski definition) is 7. The molecular weight excluding hydrogens is 552 g/mol. The third-order valence-corrected chi connectivity index (χ3v) is 10.5. The molecule has 1 spiro atoms. The lowest BCUT2D eigenvalue weighted by Gasteiger charge is -2.37. The number of nitrogens with zero attached hydrogens (tertiary/aromatic N) is 5. The van der Waals surface area contributed by atoms with E-state index in [1.165, 1.54) is 4.31 Å². The van der Waals surface area contributed by atoms with Crippen molar-refractivity contribution in [1.29, 1.82) is 0 Å². The second-order valence-corrected chi connectivity index (χ2v) is 14.0. The summed E-state index contributed by atoms with van der Waals surface area (Å²) in [7, 11) is 2.03. The average molecular weight is 593 g/mol. The van der Waals surface area contributed by atoms with Gasteiger partial charge >= 0.3 is 10.2 Å². The summed E-state index contributed by atoms with van der Waals surface area (Å²) in [5, 5.41) is 0.954. The molecule has 0 bridgehead atoms. The second-order valence-electron chi connectivity index (χ2n) is 12.3. The zero-order valence-corrected chi connectivity index (χ0v) is 25.7. The molecule has 1 amide bonds. The van der Waals surface area contributed by atoms with E-state index in [1.54, 1.807) is 23.4 Å². The third-order valence-electron chi connectivity index (χ3n) is 8.98. The zero-order valence-electron chi connectivity index (χ0n) is 24.9. The van der Waals surface area contributed by atoms with Crippen LogP contribution in [0.1, 0.15) is 51.0 Å². The Kier molecular flexibility index (Phi) is 7.61. The minimum absolute atomic E-state index is 0.143. The number of nitrogens with one attached hydrogen (secondary N) is 1. The van der Waals surface area contributed by atoms with Crippen LogP contribution < -0.4 is 14.4 Å². The number of likely N-dealkylation sites (N-methyl/N-ethyl adjacent to an activating group) is 1. The molecule has 6 rings (SSSR count). The van der Waals surface area contributed by atoms with Crippen LogP contribution in [-0.2, 0) is 20.4 Å². The van der Waals surface area contributed by atoms with E-state index in [4.69, 9.17) is 4.74 Å². The van der Waals surface area contributed by atoms with Crippen molar-refractivity contribution in [3.05, 3.63) is 42.2 Å². The molecule has 224 valence electrons. The van der Waals surface area contributed by atoms with Gasteiger partial charge in [-0.3, -0.25) is 14.5 Å². The molecule has 1 saturated carbocycles. The van der Waals surface area contributed by atoms with Crippen LogP contribution >= 0.6 is 0 Å². The molecule has 3 aliphatic rings. The number of amides is 1. The molecule has 0 radical (unpaired) electrons. The fraction of sp³-hybridized carbons (Fsp3) is 0.516. The molecule has 11 heteroatoms. The Balaban J connectivity index is 1.37. The van der Waals surface area contributed by atoms with Crippen LogP contribution in [0.4, 0.5) is 11.4 Å². The van der Waals surface area contributed by atoms with Crippen molar-refractivity contribution >= 4 is 38.4 Å².